The van der Waals surface area contributed by atoms with E-state index < -0.39 is 5.54 Å². The summed E-state index contributed by atoms with van der Waals surface area (Å²) in [6.07, 6.45) is 6.37. The van der Waals surface area contributed by atoms with Gasteiger partial charge in [-0.3, -0.25) is 4.90 Å². The molecule has 0 unspecified atom stereocenters. The zero-order chi connectivity index (χ0) is 25.2. The number of rotatable bonds is 10. The molecule has 0 aromatic heterocycles. The number of nitrogens with one attached hydrogen (secondary N) is 1. The van der Waals surface area contributed by atoms with Gasteiger partial charge in [-0.05, 0) is 41.2 Å². The summed E-state index contributed by atoms with van der Waals surface area (Å²) in [7, 11) is 0. The molecule has 2 amide bonds. The molecule has 36 heavy (non-hydrogen) atoms. The molecule has 1 heterocycles. The third-order valence-corrected chi connectivity index (χ3v) is 7.02. The van der Waals surface area contributed by atoms with Crippen molar-refractivity contribution in [1.82, 2.24) is 15.1 Å². The fourth-order valence-electron chi connectivity index (χ4n) is 4.98. The van der Waals surface area contributed by atoms with Crippen molar-refractivity contribution in [3.63, 3.8) is 0 Å². The second-order valence-electron chi connectivity index (χ2n) is 9.36. The molecular formula is C30H35N3O3. The lowest BCUT2D eigenvalue weighted by atomic mass is 9.86. The normalized spacial score (nSPS) is 15.7. The minimum atomic E-state index is -0.863. The van der Waals surface area contributed by atoms with Crippen LogP contribution in [0.25, 0.3) is 16.8 Å². The first-order valence-corrected chi connectivity index (χ1v) is 12.7. The highest BCUT2D eigenvalue weighted by Crippen LogP contribution is 2.29. The second kappa shape index (κ2) is 12.5. The van der Waals surface area contributed by atoms with E-state index >= 15 is 0 Å². The summed E-state index contributed by atoms with van der Waals surface area (Å²) in [6.45, 7) is 2.93. The van der Waals surface area contributed by atoms with Crippen molar-refractivity contribution in [2.24, 2.45) is 0 Å². The number of piperidine rings is 1. The fraction of sp³-hybridized carbons (Fsp3) is 0.333. The lowest BCUT2D eigenvalue weighted by Gasteiger charge is -2.45. The van der Waals surface area contributed by atoms with Gasteiger partial charge in [0.25, 0.3) is 0 Å². The number of hydrogen-bond donors (Lipinski definition) is 2. The van der Waals surface area contributed by atoms with Crippen LogP contribution in [0, 0.1) is 0 Å². The Morgan fingerprint density at radius 1 is 1.00 bits per heavy atom. The standard InChI is InChI=1S/C30H35N3O3/c34-22-8-19-33(29(36)31-18-7-11-25-9-2-1-3-10-25)30(24-35)16-20-32(21-17-30)23-27-14-6-13-26-12-4-5-15-28(26)27/h1-7,9-15,24,34H,8,16-23H2,(H,31,36)/b11-7+. The molecule has 3 aromatic carbocycles. The Bertz CT molecular complexity index is 1170. The molecule has 4 rings (SSSR count). The van der Waals surface area contributed by atoms with E-state index in [0.717, 1.165) is 31.5 Å². The average Bonchev–Trinajstić information content (AvgIpc) is 2.93. The van der Waals surface area contributed by atoms with Gasteiger partial charge >= 0.3 is 6.03 Å². The first kappa shape index (κ1) is 25.6. The van der Waals surface area contributed by atoms with Crippen LogP contribution >= 0.6 is 0 Å². The quantitative estimate of drug-likeness (QED) is 0.416. The molecule has 1 fully saturated rings. The molecule has 0 bridgehead atoms. The smallest absolute Gasteiger partial charge is 0.318 e. The van der Waals surface area contributed by atoms with Crippen LogP contribution in [0.1, 0.15) is 30.4 Å². The van der Waals surface area contributed by atoms with E-state index in [-0.39, 0.29) is 12.6 Å². The van der Waals surface area contributed by atoms with Crippen LogP contribution in [0.4, 0.5) is 4.79 Å². The summed E-state index contributed by atoms with van der Waals surface area (Å²) < 4.78 is 0. The minimum absolute atomic E-state index is 0.0279. The maximum atomic E-state index is 13.2. The van der Waals surface area contributed by atoms with Crippen molar-refractivity contribution < 1.29 is 14.7 Å². The molecule has 1 aliphatic rings. The third kappa shape index (κ3) is 6.20. The summed E-state index contributed by atoms with van der Waals surface area (Å²) in [6, 6.07) is 24.4. The van der Waals surface area contributed by atoms with Gasteiger partial charge in [0.2, 0.25) is 0 Å². The van der Waals surface area contributed by atoms with Gasteiger partial charge < -0.3 is 20.1 Å². The maximum absolute atomic E-state index is 13.2. The molecule has 0 atom stereocenters. The summed E-state index contributed by atoms with van der Waals surface area (Å²) in [5.74, 6) is 0. The van der Waals surface area contributed by atoms with Gasteiger partial charge in [0, 0.05) is 39.3 Å². The summed E-state index contributed by atoms with van der Waals surface area (Å²) in [4.78, 5) is 29.6. The summed E-state index contributed by atoms with van der Waals surface area (Å²) >= 11 is 0. The van der Waals surface area contributed by atoms with Crippen molar-refractivity contribution >= 4 is 29.2 Å². The molecule has 6 nitrogen and oxygen atoms in total. The Morgan fingerprint density at radius 3 is 2.47 bits per heavy atom. The monoisotopic (exact) mass is 485 g/mol. The number of carbonyl (C=O) groups excluding carboxylic acids is 2. The number of hydrogen-bond acceptors (Lipinski definition) is 4. The lowest BCUT2D eigenvalue weighted by molar-refractivity contribution is -0.120. The lowest BCUT2D eigenvalue weighted by Crippen LogP contribution is -2.60. The third-order valence-electron chi connectivity index (χ3n) is 7.02. The van der Waals surface area contributed by atoms with E-state index in [1.165, 1.54) is 16.3 Å². The Kier molecular flexibility index (Phi) is 8.87. The molecule has 3 aromatic rings. The Labute approximate surface area is 213 Å². The first-order valence-electron chi connectivity index (χ1n) is 12.7. The van der Waals surface area contributed by atoms with Crippen LogP contribution in [0.15, 0.2) is 78.9 Å². The summed E-state index contributed by atoms with van der Waals surface area (Å²) in [5.41, 5.74) is 1.47. The molecule has 0 aliphatic carbocycles. The van der Waals surface area contributed by atoms with Crippen LogP contribution in [0.3, 0.4) is 0 Å². The predicted octanol–water partition coefficient (Wildman–Crippen LogP) is 4.48. The molecule has 0 spiro atoms. The van der Waals surface area contributed by atoms with Crippen LogP contribution in [-0.4, -0.2) is 65.5 Å². The van der Waals surface area contributed by atoms with E-state index in [2.05, 4.69) is 52.7 Å². The molecule has 0 radical (unpaired) electrons. The van der Waals surface area contributed by atoms with E-state index in [1.807, 2.05) is 42.5 Å². The van der Waals surface area contributed by atoms with Crippen LogP contribution < -0.4 is 5.32 Å². The average molecular weight is 486 g/mol. The van der Waals surface area contributed by atoms with E-state index in [1.54, 1.807) is 4.90 Å². The number of fused-ring (bicyclic) bond motifs is 1. The van der Waals surface area contributed by atoms with Crippen molar-refractivity contribution in [2.45, 2.75) is 31.3 Å². The highest BCUT2D eigenvalue weighted by atomic mass is 16.3. The van der Waals surface area contributed by atoms with Crippen LogP contribution in [0.5, 0.6) is 0 Å². The van der Waals surface area contributed by atoms with Gasteiger partial charge in [-0.2, -0.15) is 0 Å². The van der Waals surface area contributed by atoms with Gasteiger partial charge in [-0.25, -0.2) is 4.79 Å². The van der Waals surface area contributed by atoms with Crippen LogP contribution in [-0.2, 0) is 11.3 Å². The molecular weight excluding hydrogens is 450 g/mol. The number of aliphatic hydroxyl groups is 1. The van der Waals surface area contributed by atoms with Gasteiger partial charge in [0.05, 0.1) is 0 Å². The number of amides is 2. The predicted molar refractivity (Wildman–Crippen MR) is 145 cm³/mol. The fourth-order valence-corrected chi connectivity index (χ4v) is 4.98. The number of likely N-dealkylation sites (tertiary alicyclic amines) is 1. The Hall–Kier alpha value is -3.48. The van der Waals surface area contributed by atoms with Crippen molar-refractivity contribution in [1.29, 1.82) is 0 Å². The molecule has 188 valence electrons. The molecule has 0 saturated carbocycles. The number of carbonyl (C=O) groups is 2. The Morgan fingerprint density at radius 2 is 1.72 bits per heavy atom. The van der Waals surface area contributed by atoms with Gasteiger partial charge in [0.1, 0.15) is 11.8 Å². The van der Waals surface area contributed by atoms with Gasteiger partial charge in [0.15, 0.2) is 0 Å². The highest BCUT2D eigenvalue weighted by Gasteiger charge is 2.42. The maximum Gasteiger partial charge on any atom is 0.318 e. The zero-order valence-electron chi connectivity index (χ0n) is 20.7. The molecule has 1 saturated heterocycles. The number of benzene rings is 3. The van der Waals surface area contributed by atoms with Crippen molar-refractivity contribution in [2.75, 3.05) is 32.8 Å². The minimum Gasteiger partial charge on any atom is -0.396 e. The van der Waals surface area contributed by atoms with Crippen molar-refractivity contribution in [3.8, 4) is 0 Å². The van der Waals surface area contributed by atoms with E-state index in [9.17, 15) is 14.7 Å². The SMILES string of the molecule is O=CC1(N(CCCO)C(=O)NC/C=C/c2ccccc2)CCN(Cc2cccc3ccccc23)CC1. The topological polar surface area (TPSA) is 72.9 Å². The second-order valence-corrected chi connectivity index (χ2v) is 9.36. The van der Waals surface area contributed by atoms with E-state index in [0.29, 0.717) is 32.4 Å². The first-order chi connectivity index (χ1) is 17.6. The number of aliphatic hydroxyl groups excluding tert-OH is 1. The largest absolute Gasteiger partial charge is 0.396 e. The highest BCUT2D eigenvalue weighted by molar-refractivity contribution is 5.85. The molecule has 6 heteroatoms. The number of urea groups is 1. The Balaban J connectivity index is 1.40. The molecule has 2 N–H and O–H groups in total. The number of nitrogens with zero attached hydrogens (tertiary/aromatic N) is 2. The molecule has 1 aliphatic heterocycles. The van der Waals surface area contributed by atoms with Gasteiger partial charge in [-0.1, -0.05) is 84.9 Å². The van der Waals surface area contributed by atoms with Gasteiger partial charge in [-0.15, -0.1) is 0 Å². The summed E-state index contributed by atoms with van der Waals surface area (Å²) in [5, 5.41) is 14.8. The number of aldehydes is 1. The van der Waals surface area contributed by atoms with Crippen LogP contribution in [0.2, 0.25) is 0 Å². The van der Waals surface area contributed by atoms with E-state index in [4.69, 9.17) is 0 Å². The van der Waals surface area contributed by atoms with Crippen molar-refractivity contribution in [3.05, 3.63) is 90.0 Å². The zero-order valence-corrected chi connectivity index (χ0v) is 20.7.